The Morgan fingerprint density at radius 2 is 2.27 bits per heavy atom. The molecule has 0 radical (unpaired) electrons. The molecule has 15 heavy (non-hydrogen) atoms. The standard InChI is InChI=1S/C11H15NO3/c1-7-3-4-8(5-10(7)13)9(6-12)11(14)15-2/h3-5,9,13H,6,12H2,1-2H3. The largest absolute Gasteiger partial charge is 0.508 e. The molecule has 1 unspecified atom stereocenters. The Kier molecular flexibility index (Phi) is 3.68. The Morgan fingerprint density at radius 3 is 2.73 bits per heavy atom. The molecule has 3 N–H and O–H groups in total. The van der Waals surface area contributed by atoms with Gasteiger partial charge in [0, 0.05) is 6.54 Å². The molecule has 0 saturated heterocycles. The Labute approximate surface area is 88.7 Å². The quantitative estimate of drug-likeness (QED) is 0.726. The van der Waals surface area contributed by atoms with E-state index in [4.69, 9.17) is 5.73 Å². The molecule has 0 spiro atoms. The van der Waals surface area contributed by atoms with E-state index in [1.165, 1.54) is 7.11 Å². The Morgan fingerprint density at radius 1 is 1.60 bits per heavy atom. The van der Waals surface area contributed by atoms with Gasteiger partial charge >= 0.3 is 5.97 Å². The summed E-state index contributed by atoms with van der Waals surface area (Å²) in [5.41, 5.74) is 6.92. The molecule has 1 aromatic rings. The van der Waals surface area contributed by atoms with Crippen LogP contribution in [0.3, 0.4) is 0 Å². The number of benzene rings is 1. The third kappa shape index (κ3) is 2.47. The first kappa shape index (κ1) is 11.5. The molecule has 0 aliphatic carbocycles. The van der Waals surface area contributed by atoms with Crippen molar-refractivity contribution < 1.29 is 14.6 Å². The fraction of sp³-hybridized carbons (Fsp3) is 0.364. The predicted octanol–water partition coefficient (Wildman–Crippen LogP) is 0.916. The molecule has 0 heterocycles. The van der Waals surface area contributed by atoms with E-state index in [2.05, 4.69) is 4.74 Å². The normalized spacial score (nSPS) is 12.2. The topological polar surface area (TPSA) is 72.5 Å². The van der Waals surface area contributed by atoms with E-state index in [0.29, 0.717) is 5.56 Å². The number of carbonyl (C=O) groups is 1. The van der Waals surface area contributed by atoms with Crippen LogP contribution in [0.15, 0.2) is 18.2 Å². The van der Waals surface area contributed by atoms with Crippen LogP contribution in [0.5, 0.6) is 5.75 Å². The highest BCUT2D eigenvalue weighted by molar-refractivity contribution is 5.78. The van der Waals surface area contributed by atoms with Crippen molar-refractivity contribution >= 4 is 5.97 Å². The number of aromatic hydroxyl groups is 1. The summed E-state index contributed by atoms with van der Waals surface area (Å²) < 4.78 is 4.63. The van der Waals surface area contributed by atoms with Crippen LogP contribution in [0, 0.1) is 6.92 Å². The maximum atomic E-state index is 11.4. The number of rotatable bonds is 3. The van der Waals surface area contributed by atoms with Crippen molar-refractivity contribution in [3.05, 3.63) is 29.3 Å². The van der Waals surface area contributed by atoms with Crippen LogP contribution in [0.2, 0.25) is 0 Å². The molecule has 0 bridgehead atoms. The van der Waals surface area contributed by atoms with Crippen LogP contribution in [-0.2, 0) is 9.53 Å². The molecule has 1 atom stereocenters. The summed E-state index contributed by atoms with van der Waals surface area (Å²) in [6, 6.07) is 5.06. The first-order chi connectivity index (χ1) is 7.10. The fourth-order valence-corrected chi connectivity index (χ4v) is 1.35. The van der Waals surface area contributed by atoms with Crippen LogP contribution in [0.25, 0.3) is 0 Å². The second-order valence-corrected chi connectivity index (χ2v) is 3.36. The van der Waals surface area contributed by atoms with Gasteiger partial charge in [-0.05, 0) is 24.1 Å². The molecule has 0 aromatic heterocycles. The van der Waals surface area contributed by atoms with Gasteiger partial charge in [-0.25, -0.2) is 0 Å². The van der Waals surface area contributed by atoms with Crippen molar-refractivity contribution in [3.63, 3.8) is 0 Å². The number of phenolic OH excluding ortho intramolecular Hbond substituents is 1. The van der Waals surface area contributed by atoms with Crippen molar-refractivity contribution in [3.8, 4) is 5.75 Å². The number of phenols is 1. The van der Waals surface area contributed by atoms with Crippen molar-refractivity contribution in [1.29, 1.82) is 0 Å². The minimum atomic E-state index is -0.513. The van der Waals surface area contributed by atoms with E-state index in [1.807, 2.05) is 0 Å². The summed E-state index contributed by atoms with van der Waals surface area (Å²) in [7, 11) is 1.32. The number of hydrogen-bond acceptors (Lipinski definition) is 4. The lowest BCUT2D eigenvalue weighted by Crippen LogP contribution is -2.22. The number of aryl methyl sites for hydroxylation is 1. The predicted molar refractivity (Wildman–Crippen MR) is 56.7 cm³/mol. The maximum absolute atomic E-state index is 11.4. The second-order valence-electron chi connectivity index (χ2n) is 3.36. The van der Waals surface area contributed by atoms with Crippen LogP contribution >= 0.6 is 0 Å². The molecule has 82 valence electrons. The minimum Gasteiger partial charge on any atom is -0.508 e. The first-order valence-corrected chi connectivity index (χ1v) is 4.67. The van der Waals surface area contributed by atoms with Gasteiger partial charge < -0.3 is 15.6 Å². The van der Waals surface area contributed by atoms with Gasteiger partial charge in [0.1, 0.15) is 5.75 Å². The Hall–Kier alpha value is -1.55. The smallest absolute Gasteiger partial charge is 0.314 e. The first-order valence-electron chi connectivity index (χ1n) is 4.67. The number of hydrogen-bond donors (Lipinski definition) is 2. The highest BCUT2D eigenvalue weighted by Gasteiger charge is 2.20. The minimum absolute atomic E-state index is 0.162. The van der Waals surface area contributed by atoms with Crippen LogP contribution < -0.4 is 5.73 Å². The zero-order valence-corrected chi connectivity index (χ0v) is 8.86. The van der Waals surface area contributed by atoms with E-state index in [9.17, 15) is 9.90 Å². The van der Waals surface area contributed by atoms with E-state index >= 15 is 0 Å². The molecule has 4 heteroatoms. The van der Waals surface area contributed by atoms with E-state index < -0.39 is 5.92 Å². The van der Waals surface area contributed by atoms with E-state index in [0.717, 1.165) is 5.56 Å². The lowest BCUT2D eigenvalue weighted by Gasteiger charge is -2.13. The van der Waals surface area contributed by atoms with Gasteiger partial charge in [0.25, 0.3) is 0 Å². The van der Waals surface area contributed by atoms with Crippen molar-refractivity contribution in [2.75, 3.05) is 13.7 Å². The Balaban J connectivity index is 3.02. The van der Waals surface area contributed by atoms with Gasteiger partial charge in [-0.15, -0.1) is 0 Å². The van der Waals surface area contributed by atoms with E-state index in [-0.39, 0.29) is 18.3 Å². The molecule has 0 saturated carbocycles. The van der Waals surface area contributed by atoms with Crippen LogP contribution in [0.4, 0.5) is 0 Å². The van der Waals surface area contributed by atoms with Gasteiger partial charge in [0.15, 0.2) is 0 Å². The van der Waals surface area contributed by atoms with Gasteiger partial charge in [0.05, 0.1) is 13.0 Å². The monoisotopic (exact) mass is 209 g/mol. The third-order valence-corrected chi connectivity index (χ3v) is 2.36. The summed E-state index contributed by atoms with van der Waals surface area (Å²) in [4.78, 5) is 11.4. The van der Waals surface area contributed by atoms with Crippen molar-refractivity contribution in [1.82, 2.24) is 0 Å². The van der Waals surface area contributed by atoms with Gasteiger partial charge in [-0.1, -0.05) is 12.1 Å². The number of methoxy groups -OCH3 is 1. The highest BCUT2D eigenvalue weighted by atomic mass is 16.5. The lowest BCUT2D eigenvalue weighted by molar-refractivity contribution is -0.142. The number of ether oxygens (including phenoxy) is 1. The zero-order valence-electron chi connectivity index (χ0n) is 8.86. The average molecular weight is 209 g/mol. The molecular formula is C11H15NO3. The second kappa shape index (κ2) is 4.79. The molecule has 0 fully saturated rings. The molecule has 1 aromatic carbocycles. The van der Waals surface area contributed by atoms with Crippen LogP contribution in [-0.4, -0.2) is 24.7 Å². The summed E-state index contributed by atoms with van der Waals surface area (Å²) >= 11 is 0. The lowest BCUT2D eigenvalue weighted by atomic mass is 9.98. The third-order valence-electron chi connectivity index (χ3n) is 2.36. The van der Waals surface area contributed by atoms with Crippen LogP contribution in [0.1, 0.15) is 17.0 Å². The maximum Gasteiger partial charge on any atom is 0.314 e. The molecule has 0 aliphatic heterocycles. The number of carbonyl (C=O) groups excluding carboxylic acids is 1. The molecule has 1 rings (SSSR count). The zero-order chi connectivity index (χ0) is 11.4. The van der Waals surface area contributed by atoms with Gasteiger partial charge in [0.2, 0.25) is 0 Å². The van der Waals surface area contributed by atoms with E-state index in [1.54, 1.807) is 25.1 Å². The Bertz CT molecular complexity index is 363. The summed E-state index contributed by atoms with van der Waals surface area (Å²) in [6.07, 6.45) is 0. The summed E-state index contributed by atoms with van der Waals surface area (Å²) in [6.45, 7) is 1.95. The van der Waals surface area contributed by atoms with Crippen molar-refractivity contribution in [2.45, 2.75) is 12.8 Å². The highest BCUT2D eigenvalue weighted by Crippen LogP contribution is 2.23. The SMILES string of the molecule is COC(=O)C(CN)c1ccc(C)c(O)c1. The average Bonchev–Trinajstić information content (AvgIpc) is 2.24. The summed E-state index contributed by atoms with van der Waals surface area (Å²) in [5.74, 6) is -0.739. The molecule has 0 aliphatic rings. The number of nitrogens with two attached hydrogens (primary N) is 1. The van der Waals surface area contributed by atoms with Gasteiger partial charge in [-0.2, -0.15) is 0 Å². The molecular weight excluding hydrogens is 194 g/mol. The van der Waals surface area contributed by atoms with Gasteiger partial charge in [-0.3, -0.25) is 4.79 Å². The summed E-state index contributed by atoms with van der Waals surface area (Å²) in [5, 5.41) is 9.51. The fourth-order valence-electron chi connectivity index (χ4n) is 1.35. The van der Waals surface area contributed by atoms with Crippen molar-refractivity contribution in [2.24, 2.45) is 5.73 Å². The molecule has 0 amide bonds. The number of esters is 1. The molecule has 4 nitrogen and oxygen atoms in total.